The van der Waals surface area contributed by atoms with Crippen molar-refractivity contribution in [2.75, 3.05) is 39.6 Å². The van der Waals surface area contributed by atoms with Crippen LogP contribution in [0.5, 0.6) is 0 Å². The lowest BCUT2D eigenvalue weighted by molar-refractivity contribution is -0.386. The normalized spacial score (nSPS) is 49.8. The zero-order valence-corrected chi connectivity index (χ0v) is 38.9. The molecule has 0 saturated carbocycles. The first-order valence-electron chi connectivity index (χ1n) is 23.1. The molecule has 6 fully saturated rings. The van der Waals surface area contributed by atoms with Gasteiger partial charge in [0.1, 0.15) is 146 Å². The average Bonchev–Trinajstić information content (AvgIpc) is 3.35. The number of rotatable bonds is 18. The second kappa shape index (κ2) is 26.0. The third-order valence-corrected chi connectivity index (χ3v) is 13.2. The van der Waals surface area contributed by atoms with E-state index in [2.05, 4.69) is 10.6 Å². The molecule has 33 nitrogen and oxygen atoms in total. The molecule has 0 bridgehead atoms. The highest BCUT2D eigenvalue weighted by Crippen LogP contribution is 2.36. The van der Waals surface area contributed by atoms with Crippen molar-refractivity contribution in [3.63, 3.8) is 0 Å². The number of hydrogen-bond donors (Lipinski definition) is 20. The Morgan fingerprint density at radius 1 is 0.356 bits per heavy atom. The number of ether oxygens (including phenoxy) is 11. The maximum absolute atomic E-state index is 12.5. The highest BCUT2D eigenvalue weighted by molar-refractivity contribution is 5.73. The van der Waals surface area contributed by atoms with Gasteiger partial charge in [0.15, 0.2) is 37.7 Å². The number of amides is 2. The van der Waals surface area contributed by atoms with Gasteiger partial charge in [0.25, 0.3) is 0 Å². The molecule has 6 aliphatic heterocycles. The van der Waals surface area contributed by atoms with Gasteiger partial charge < -0.3 is 155 Å². The van der Waals surface area contributed by atoms with Crippen molar-refractivity contribution >= 4 is 11.8 Å². The lowest BCUT2D eigenvalue weighted by atomic mass is 9.94. The van der Waals surface area contributed by atoms with Gasteiger partial charge in [0, 0.05) is 13.8 Å². The summed E-state index contributed by atoms with van der Waals surface area (Å²) in [6, 6.07) is -3.28. The summed E-state index contributed by atoms with van der Waals surface area (Å²) in [7, 11) is 0. The van der Waals surface area contributed by atoms with Crippen molar-refractivity contribution in [1.29, 1.82) is 0 Å². The first kappa shape index (κ1) is 60.0. The van der Waals surface area contributed by atoms with Gasteiger partial charge in [0.2, 0.25) is 11.8 Å². The van der Waals surface area contributed by atoms with Gasteiger partial charge in [-0.1, -0.05) is 0 Å². The Balaban J connectivity index is 1.24. The van der Waals surface area contributed by atoms with Crippen LogP contribution in [0, 0.1) is 0 Å². The molecule has 0 aliphatic carbocycles. The number of carbonyl (C=O) groups is 2. The first-order valence-corrected chi connectivity index (χ1v) is 23.1. The molecule has 30 atom stereocenters. The Labute approximate surface area is 413 Å². The van der Waals surface area contributed by atoms with Crippen LogP contribution >= 0.6 is 0 Å². The second-order valence-corrected chi connectivity index (χ2v) is 18.3. The number of nitrogens with one attached hydrogen (secondary N) is 2. The predicted octanol–water partition coefficient (Wildman–Crippen LogP) is -13.8. The highest BCUT2D eigenvalue weighted by atomic mass is 16.8. The van der Waals surface area contributed by atoms with Gasteiger partial charge in [0.05, 0.1) is 39.6 Å². The SMILES string of the molecule is CC(=O)N[C@@H]1[C@@H](O)[C@H](O[C@@H]2O[C@H](CO)[C@@H](O[C@@H]3O[C@H](CO[C@@H]4O[C@H](CO)[C@@H](O[C@H]5O[C@H](CO)[C@@H](O)[C@H](O)[C@@H]5O)[C@H](O)[C@@H]4O)[C@@H](O)[C@H](O[C@H]4O[C@H](CO)[C@@H](O)[C@H](O)[C@@H]4O)[C@@H]3O)[C@H](O)[C@H]2NC(C)=O)[C@@H](CO)O[C@H]1O. The first-order chi connectivity index (χ1) is 34.5. The fraction of sp³-hybridized carbons (Fsp3) is 0.950. The van der Waals surface area contributed by atoms with Crippen LogP contribution in [0.2, 0.25) is 0 Å². The van der Waals surface area contributed by atoms with Gasteiger partial charge in [-0.25, -0.2) is 0 Å². The molecule has 0 spiro atoms. The Morgan fingerprint density at radius 2 is 0.712 bits per heavy atom. The Morgan fingerprint density at radius 3 is 1.19 bits per heavy atom. The Hall–Kier alpha value is -2.22. The van der Waals surface area contributed by atoms with E-state index in [0.717, 1.165) is 13.8 Å². The molecule has 33 heteroatoms. The molecule has 2 amide bonds. The largest absolute Gasteiger partial charge is 0.394 e. The van der Waals surface area contributed by atoms with Gasteiger partial charge in [-0.3, -0.25) is 9.59 Å². The summed E-state index contributed by atoms with van der Waals surface area (Å²) < 4.78 is 62.4. The summed E-state index contributed by atoms with van der Waals surface area (Å²) in [5, 5.41) is 197. The second-order valence-electron chi connectivity index (χ2n) is 18.3. The van der Waals surface area contributed by atoms with E-state index in [1.54, 1.807) is 0 Å². The van der Waals surface area contributed by atoms with E-state index in [1.165, 1.54) is 0 Å². The molecule has 6 aliphatic rings. The monoisotopic (exact) mass is 1070 g/mol. The molecule has 20 N–H and O–H groups in total. The van der Waals surface area contributed by atoms with Gasteiger partial charge in [-0.15, -0.1) is 0 Å². The maximum atomic E-state index is 12.5. The standard InChI is InChI=1S/C40H68N2O31/c1-9(48)41-17-22(53)31(13(5-45)64-35(17)62)70-36-18(42-10(2)49)23(54)32(14(6-46)67-36)71-40-30(61)34(73-39-28(59)25(56)20(51)12(4-44)66-39)21(52)16(69-40)8-63-37-29(60)26(57)33(15(7-47)68-37)72-38-27(58)24(55)19(50)11(3-43)65-38/h11-40,43-47,50-62H,3-8H2,1-2H3,(H,41,48)(H,42,49)/t11-,12-,13-,14-,15-,16-,17-,18-,19-,20-,21-,22-,23-,24+,25+,26-,27+,28+,29+,30+,31-,32-,33-,34+,35-,36+,37-,38-,39-,40+/m1/s1. The van der Waals surface area contributed by atoms with E-state index in [9.17, 15) is 102 Å². The van der Waals surface area contributed by atoms with Crippen molar-refractivity contribution in [2.45, 2.75) is 198 Å². The number of aliphatic hydroxyl groups is 18. The molecule has 0 aromatic heterocycles. The molecule has 424 valence electrons. The van der Waals surface area contributed by atoms with Crippen molar-refractivity contribution < 1.29 is 154 Å². The van der Waals surface area contributed by atoms with Crippen molar-refractivity contribution in [3.05, 3.63) is 0 Å². The Bertz CT molecular complexity index is 1740. The number of carbonyl (C=O) groups excluding carboxylic acids is 2. The van der Waals surface area contributed by atoms with Crippen LogP contribution in [0.4, 0.5) is 0 Å². The summed E-state index contributed by atoms with van der Waals surface area (Å²) in [6.07, 6.45) is -53.1. The van der Waals surface area contributed by atoms with Crippen molar-refractivity contribution in [2.24, 2.45) is 0 Å². The van der Waals surface area contributed by atoms with Crippen LogP contribution in [-0.2, 0) is 61.7 Å². The smallest absolute Gasteiger partial charge is 0.217 e. The lowest BCUT2D eigenvalue weighted by Crippen LogP contribution is -2.70. The number of hydrogen-bond acceptors (Lipinski definition) is 31. The van der Waals surface area contributed by atoms with Crippen LogP contribution in [0.25, 0.3) is 0 Å². The topological polar surface area (TPSA) is 524 Å². The fourth-order valence-electron chi connectivity index (χ4n) is 9.22. The summed E-state index contributed by atoms with van der Waals surface area (Å²) >= 11 is 0. The molecule has 6 saturated heterocycles. The van der Waals surface area contributed by atoms with E-state index in [4.69, 9.17) is 52.1 Å². The van der Waals surface area contributed by atoms with Crippen molar-refractivity contribution in [1.82, 2.24) is 10.6 Å². The summed E-state index contributed by atoms with van der Waals surface area (Å²) in [5.41, 5.74) is 0. The van der Waals surface area contributed by atoms with E-state index >= 15 is 0 Å². The zero-order chi connectivity index (χ0) is 53.9. The molecule has 0 radical (unpaired) electrons. The van der Waals surface area contributed by atoms with Gasteiger partial charge in [-0.2, -0.15) is 0 Å². The van der Waals surface area contributed by atoms with Crippen LogP contribution in [-0.4, -0.2) is 327 Å². The van der Waals surface area contributed by atoms with Crippen molar-refractivity contribution in [3.8, 4) is 0 Å². The van der Waals surface area contributed by atoms with E-state index < -0.39 is 236 Å². The summed E-state index contributed by atoms with van der Waals surface area (Å²) in [4.78, 5) is 24.4. The van der Waals surface area contributed by atoms with Crippen LogP contribution < -0.4 is 10.6 Å². The zero-order valence-electron chi connectivity index (χ0n) is 38.9. The number of aliphatic hydroxyl groups excluding tert-OH is 18. The maximum Gasteiger partial charge on any atom is 0.217 e. The Kier molecular flexibility index (Phi) is 21.3. The molecule has 6 heterocycles. The van der Waals surface area contributed by atoms with Gasteiger partial charge >= 0.3 is 0 Å². The van der Waals surface area contributed by atoms with Crippen LogP contribution in [0.3, 0.4) is 0 Å². The molecule has 0 unspecified atom stereocenters. The minimum atomic E-state index is -2.26. The minimum Gasteiger partial charge on any atom is -0.394 e. The van der Waals surface area contributed by atoms with E-state index in [0.29, 0.717) is 0 Å². The molecule has 73 heavy (non-hydrogen) atoms. The fourth-order valence-corrected chi connectivity index (χ4v) is 9.22. The third-order valence-electron chi connectivity index (χ3n) is 13.2. The molecule has 0 aromatic rings. The van der Waals surface area contributed by atoms with E-state index in [1.807, 2.05) is 0 Å². The quantitative estimate of drug-likeness (QED) is 0.0606. The van der Waals surface area contributed by atoms with Gasteiger partial charge in [-0.05, 0) is 0 Å². The molecular weight excluding hydrogens is 1000 g/mol. The average molecular weight is 1070 g/mol. The minimum absolute atomic E-state index is 0.715. The molecular formula is C40H68N2O31. The third kappa shape index (κ3) is 13.0. The molecule has 6 rings (SSSR count). The predicted molar refractivity (Wildman–Crippen MR) is 222 cm³/mol. The summed E-state index contributed by atoms with van der Waals surface area (Å²) in [5.74, 6) is -1.55. The summed E-state index contributed by atoms with van der Waals surface area (Å²) in [6.45, 7) is -3.57. The molecule has 0 aromatic carbocycles. The van der Waals surface area contributed by atoms with Crippen LogP contribution in [0.1, 0.15) is 13.8 Å². The van der Waals surface area contributed by atoms with E-state index in [-0.39, 0.29) is 0 Å². The lowest BCUT2D eigenvalue weighted by Gasteiger charge is -2.50. The highest BCUT2D eigenvalue weighted by Gasteiger charge is 2.57. The van der Waals surface area contributed by atoms with Crippen LogP contribution in [0.15, 0.2) is 0 Å².